The van der Waals surface area contributed by atoms with Gasteiger partial charge in [-0.05, 0) is 193 Å². The van der Waals surface area contributed by atoms with E-state index in [0.717, 1.165) is 250 Å². The summed E-state index contributed by atoms with van der Waals surface area (Å²) in [5.41, 5.74) is 10.8. The fourth-order valence-electron chi connectivity index (χ4n) is 14.9. The third kappa shape index (κ3) is 18.7. The number of hydrogen-bond acceptors (Lipinski definition) is 8. The van der Waals surface area contributed by atoms with Gasteiger partial charge in [0.15, 0.2) is 0 Å². The minimum Gasteiger partial charge on any atom is -0.494 e. The second-order valence-corrected chi connectivity index (χ2v) is 32.4. The molecule has 0 saturated heterocycles. The van der Waals surface area contributed by atoms with Gasteiger partial charge in [0.2, 0.25) is 0 Å². The third-order valence-corrected chi connectivity index (χ3v) is 25.1. The maximum atomic E-state index is 19.0. The molecule has 0 saturated carbocycles. The van der Waals surface area contributed by atoms with E-state index in [2.05, 4.69) is 207 Å². The molecule has 0 bridgehead atoms. The molecule has 12 heteroatoms. The Morgan fingerprint density at radius 1 is 0.327 bits per heavy atom. The van der Waals surface area contributed by atoms with E-state index >= 15 is 8.78 Å². The van der Waals surface area contributed by atoms with Crippen molar-refractivity contribution in [2.75, 3.05) is 26.4 Å². The molecule has 12 rings (SSSR count). The van der Waals surface area contributed by atoms with Crippen molar-refractivity contribution in [3.8, 4) is 63.4 Å². The third-order valence-electron chi connectivity index (χ3n) is 20.5. The summed E-state index contributed by atoms with van der Waals surface area (Å²) in [6.07, 6.45) is 28.2. The van der Waals surface area contributed by atoms with Gasteiger partial charge in [0.1, 0.15) is 34.6 Å². The molecular weight excluding hydrogens is 1360 g/mol. The van der Waals surface area contributed by atoms with Crippen molar-refractivity contribution in [1.82, 2.24) is 9.13 Å². The lowest BCUT2D eigenvalue weighted by Crippen LogP contribution is -2.13. The normalized spacial score (nSPS) is 11.8. The van der Waals surface area contributed by atoms with Gasteiger partial charge in [0.25, 0.3) is 0 Å². The maximum Gasteiger partial charge on any atom is 0.132 e. The summed E-state index contributed by atoms with van der Waals surface area (Å²) >= 11 is 6.83. The Hall–Kier alpha value is -7.48. The van der Waals surface area contributed by atoms with Gasteiger partial charge in [-0.2, -0.15) is 0 Å². The van der Waals surface area contributed by atoms with Crippen molar-refractivity contribution in [3.05, 3.63) is 214 Å². The van der Waals surface area contributed by atoms with Crippen LogP contribution in [0.25, 0.3) is 73.2 Å². The number of aryl methyl sites for hydroxylation is 2. The van der Waals surface area contributed by atoms with Crippen molar-refractivity contribution < 1.29 is 27.7 Å². The van der Waals surface area contributed by atoms with Crippen LogP contribution in [0.1, 0.15) is 241 Å². The molecule has 6 aromatic carbocycles. The Labute approximate surface area is 634 Å². The van der Waals surface area contributed by atoms with Crippen LogP contribution in [0.5, 0.6) is 23.0 Å². The summed E-state index contributed by atoms with van der Waals surface area (Å²) in [6, 6.07) is 54.7. The number of halogens is 2. The van der Waals surface area contributed by atoms with E-state index in [1.807, 2.05) is 12.1 Å². The highest BCUT2D eigenvalue weighted by Gasteiger charge is 2.34. The average molecular weight is 1470 g/mol. The first-order chi connectivity index (χ1) is 51.2. The van der Waals surface area contributed by atoms with Gasteiger partial charge in [-0.1, -0.05) is 218 Å². The zero-order chi connectivity index (χ0) is 72.0. The number of nitrogens with zero attached hydrogens (tertiary/aromatic N) is 2. The summed E-state index contributed by atoms with van der Waals surface area (Å²) in [7, 11) is 0. The highest BCUT2D eigenvalue weighted by atomic mass is 32.1. The van der Waals surface area contributed by atoms with Gasteiger partial charge in [-0.15, -0.1) is 45.3 Å². The largest absolute Gasteiger partial charge is 0.494 e. The molecule has 6 heterocycles. The maximum absolute atomic E-state index is 19.0. The smallest absolute Gasteiger partial charge is 0.132 e. The van der Waals surface area contributed by atoms with E-state index < -0.39 is 12.1 Å². The molecule has 0 aliphatic heterocycles. The summed E-state index contributed by atoms with van der Waals surface area (Å²) in [4.78, 5) is 6.53. The van der Waals surface area contributed by atoms with E-state index in [-0.39, 0.29) is 11.6 Å². The van der Waals surface area contributed by atoms with E-state index in [4.69, 9.17) is 18.9 Å². The first kappa shape index (κ1) is 76.2. The second-order valence-electron chi connectivity index (χ2n) is 28.4. The SMILES string of the molecule is CCCCCCOc1ccc(C(c2ccc(OCCCCCC)cc2)n2c3cc(-c4sc(-c5cccs5)cc4CCCCCC)c(F)cc3c3c2c2cc(F)c(-c4sc(-c5cccs5)cc4CCCCCC)cc2n3C(c2ccc(OCCCCCC)cc2)c2ccc(OCCCCCC)cc2)cc1. The Kier molecular flexibility index (Phi) is 28.3. The standard InChI is InChI=1S/C92H108F2N2O4S4/c1-7-13-19-25-33-69-59-85(83-35-31-57-101-83)103-91(69)75-63-81-77(61-79(75)93)89-90(95(81)87(65-37-45-71(46-38-65)97-53-27-21-15-9-3)66-39-47-72(48-40-66)98-54-28-22-16-10-4)78-62-80(94)76(92-70(34-26-20-14-8-2)60-86(104-92)84-36-32-58-102-84)64-82(78)96(89)88(67-41-49-73(50-42-67)99-55-29-23-17-11-5)68-43-51-74(52-44-68)100-56-30-24-18-12-6/h31-32,35-52,57-64,87-88H,7-30,33-34,53-56H2,1-6H3. The van der Waals surface area contributed by atoms with Gasteiger partial charge in [-0.25, -0.2) is 8.78 Å². The fraction of sp³-hybridized carbons (Fsp3) is 0.413. The monoisotopic (exact) mass is 1470 g/mol. The Morgan fingerprint density at radius 3 is 0.904 bits per heavy atom. The first-order valence-corrected chi connectivity index (χ1v) is 42.9. The Bertz CT molecular complexity index is 4160. The number of fused-ring (bicyclic) bond motifs is 5. The lowest BCUT2D eigenvalue weighted by Gasteiger charge is -2.24. The van der Waals surface area contributed by atoms with Crippen LogP contribution in [0.2, 0.25) is 0 Å². The molecule has 104 heavy (non-hydrogen) atoms. The topological polar surface area (TPSA) is 46.8 Å². The highest BCUT2D eigenvalue weighted by Crippen LogP contribution is 2.52. The van der Waals surface area contributed by atoms with Crippen LogP contribution in [-0.4, -0.2) is 35.6 Å². The number of rotatable bonds is 44. The van der Waals surface area contributed by atoms with Crippen molar-refractivity contribution >= 4 is 78.2 Å². The Morgan fingerprint density at radius 2 is 0.625 bits per heavy atom. The van der Waals surface area contributed by atoms with E-state index in [1.54, 1.807) is 45.3 Å². The molecule has 6 nitrogen and oxygen atoms in total. The van der Waals surface area contributed by atoms with E-state index in [0.29, 0.717) is 37.6 Å². The predicted octanol–water partition coefficient (Wildman–Crippen LogP) is 29.3. The number of thiophene rings is 4. The molecule has 0 spiro atoms. The molecule has 12 aromatic rings. The Balaban J connectivity index is 1.17. The molecule has 0 aliphatic carbocycles. The van der Waals surface area contributed by atoms with Crippen LogP contribution >= 0.6 is 45.3 Å². The van der Waals surface area contributed by atoms with Crippen LogP contribution in [-0.2, 0) is 12.8 Å². The number of unbranched alkanes of at least 4 members (excludes halogenated alkanes) is 18. The molecule has 6 aromatic heterocycles. The van der Waals surface area contributed by atoms with Crippen molar-refractivity contribution in [2.24, 2.45) is 0 Å². The summed E-state index contributed by atoms with van der Waals surface area (Å²) in [5, 5.41) is 5.73. The minimum absolute atomic E-state index is 0.295. The molecule has 0 unspecified atom stereocenters. The molecule has 548 valence electrons. The molecule has 0 fully saturated rings. The lowest BCUT2D eigenvalue weighted by molar-refractivity contribution is 0.304. The van der Waals surface area contributed by atoms with E-state index in [1.165, 1.54) is 35.4 Å². The van der Waals surface area contributed by atoms with Crippen LogP contribution < -0.4 is 18.9 Å². The van der Waals surface area contributed by atoms with Crippen molar-refractivity contribution in [2.45, 2.75) is 221 Å². The zero-order valence-electron chi connectivity index (χ0n) is 62.5. The van der Waals surface area contributed by atoms with Crippen LogP contribution in [0.15, 0.2) is 168 Å². The molecule has 0 aliphatic rings. The van der Waals surface area contributed by atoms with Gasteiger partial charge < -0.3 is 28.1 Å². The highest BCUT2D eigenvalue weighted by molar-refractivity contribution is 7.24. The minimum atomic E-state index is -0.521. The second kappa shape index (κ2) is 38.7. The summed E-state index contributed by atoms with van der Waals surface area (Å²) in [5.74, 6) is 2.65. The molecule has 0 radical (unpaired) electrons. The number of benzene rings is 6. The first-order valence-electron chi connectivity index (χ1n) is 39.5. The quantitative estimate of drug-likeness (QED) is 0.0357. The van der Waals surface area contributed by atoms with Crippen LogP contribution in [0.3, 0.4) is 0 Å². The van der Waals surface area contributed by atoms with Crippen molar-refractivity contribution in [3.63, 3.8) is 0 Å². The summed E-state index contributed by atoms with van der Waals surface area (Å²) < 4.78 is 69.0. The van der Waals surface area contributed by atoms with E-state index in [9.17, 15) is 0 Å². The number of hydrogen-bond donors (Lipinski definition) is 0. The number of ether oxygens (including phenoxy) is 4. The average Bonchev–Trinajstić information content (AvgIpc) is 1.53. The lowest BCUT2D eigenvalue weighted by atomic mass is 9.96. The fourth-order valence-corrected chi connectivity index (χ4v) is 19.0. The van der Waals surface area contributed by atoms with Gasteiger partial charge >= 0.3 is 0 Å². The molecule has 0 atom stereocenters. The van der Waals surface area contributed by atoms with Gasteiger partial charge in [0.05, 0.1) is 60.6 Å². The molecule has 0 N–H and O–H groups in total. The van der Waals surface area contributed by atoms with Gasteiger partial charge in [0, 0.05) is 51.2 Å². The molecule has 0 amide bonds. The number of aromatic nitrogens is 2. The van der Waals surface area contributed by atoms with Crippen LogP contribution in [0.4, 0.5) is 8.78 Å². The molecular formula is C92H108F2N2O4S4. The van der Waals surface area contributed by atoms with Crippen LogP contribution in [0, 0.1) is 11.6 Å². The summed E-state index contributed by atoms with van der Waals surface area (Å²) in [6.45, 7) is 16.0. The van der Waals surface area contributed by atoms with Gasteiger partial charge in [-0.3, -0.25) is 0 Å². The predicted molar refractivity (Wildman–Crippen MR) is 443 cm³/mol. The zero-order valence-corrected chi connectivity index (χ0v) is 65.7. The van der Waals surface area contributed by atoms with Crippen molar-refractivity contribution in [1.29, 1.82) is 0 Å².